The fourth-order valence-electron chi connectivity index (χ4n) is 0.0962. The van der Waals surface area contributed by atoms with Gasteiger partial charge >= 0.3 is 41.7 Å². The molecule has 0 aliphatic carbocycles. The number of allylic oxidation sites excluding steroid dienone is 2. The summed E-state index contributed by atoms with van der Waals surface area (Å²) in [4.78, 5) is 0. The number of hydrogen-bond donors (Lipinski definition) is 0. The average Bonchev–Trinajstić information content (AvgIpc) is 1.41. The molecule has 0 radical (unpaired) electrons. The van der Waals surface area contributed by atoms with E-state index in [9.17, 15) is 0 Å². The number of hydrogen-bond acceptors (Lipinski definition) is 0. The summed E-state index contributed by atoms with van der Waals surface area (Å²) in [6, 6.07) is 0. The van der Waals surface area contributed by atoms with Gasteiger partial charge in [-0.25, -0.2) is 0 Å². The van der Waals surface area contributed by atoms with Crippen LogP contribution in [-0.4, -0.2) is 0 Å². The van der Waals surface area contributed by atoms with Crippen molar-refractivity contribution in [3.05, 3.63) is 23.4 Å². The van der Waals surface area contributed by atoms with Crippen molar-refractivity contribution in [2.45, 2.75) is 0 Å². The van der Waals surface area contributed by atoms with Crippen LogP contribution in [-0.2, 0) is 18.3 Å². The molecule has 0 spiro atoms. The van der Waals surface area contributed by atoms with Crippen molar-refractivity contribution < 1.29 is 18.3 Å². The van der Waals surface area contributed by atoms with E-state index >= 15 is 0 Å². The minimum atomic E-state index is 1.23. The van der Waals surface area contributed by atoms with E-state index in [4.69, 9.17) is 0 Å². The van der Waals surface area contributed by atoms with Gasteiger partial charge in [-0.2, -0.15) is 0 Å². The van der Waals surface area contributed by atoms with Gasteiger partial charge in [-0.05, 0) is 0 Å². The van der Waals surface area contributed by atoms with Crippen LogP contribution in [0.3, 0.4) is 0 Å². The molecule has 0 heterocycles. The van der Waals surface area contributed by atoms with Crippen LogP contribution in [0.2, 0.25) is 0 Å². The number of rotatable bonds is 1. The summed E-state index contributed by atoms with van der Waals surface area (Å²) in [6.07, 6.45) is 3.73. The van der Waals surface area contributed by atoms with Gasteiger partial charge in [0.05, 0.1) is 0 Å². The molecule has 5 heavy (non-hydrogen) atoms. The SMILES string of the molecule is C=CC=[CH][Zn]. The molecule has 1 heteroatoms. The summed E-state index contributed by atoms with van der Waals surface area (Å²) < 4.78 is 2.06. The summed E-state index contributed by atoms with van der Waals surface area (Å²) in [5.41, 5.74) is 0. The van der Waals surface area contributed by atoms with Gasteiger partial charge in [0.2, 0.25) is 0 Å². The summed E-state index contributed by atoms with van der Waals surface area (Å²) in [5.74, 6) is 0. The Labute approximate surface area is 42.3 Å². The van der Waals surface area contributed by atoms with E-state index in [0.29, 0.717) is 0 Å². The standard InChI is InChI=1S/C4H5.Zn/c1-3-4-2;/h1,3-4H,2H2;. The Balaban J connectivity index is 2.92. The Kier molecular flexibility index (Phi) is 4.19. The Morgan fingerprint density at radius 1 is 1.60 bits per heavy atom. The van der Waals surface area contributed by atoms with Gasteiger partial charge in [0.15, 0.2) is 0 Å². The fourth-order valence-corrected chi connectivity index (χ4v) is 0.500. The molecule has 0 amide bonds. The van der Waals surface area contributed by atoms with Crippen LogP contribution in [0.15, 0.2) is 23.4 Å². The summed E-state index contributed by atoms with van der Waals surface area (Å²) in [7, 11) is 0. The molecule has 23 valence electrons. The van der Waals surface area contributed by atoms with Gasteiger partial charge in [-0.15, -0.1) is 0 Å². The first-order valence-corrected chi connectivity index (χ1v) is 3.20. The van der Waals surface area contributed by atoms with Crippen LogP contribution in [0.5, 0.6) is 0 Å². The Hall–Kier alpha value is 0.103. The van der Waals surface area contributed by atoms with Gasteiger partial charge in [-0.3, -0.25) is 0 Å². The van der Waals surface area contributed by atoms with E-state index in [2.05, 4.69) is 11.2 Å². The fraction of sp³-hybridized carbons (Fsp3) is 0. The zero-order valence-corrected chi connectivity index (χ0v) is 6.11. The minimum absolute atomic E-state index is 1.23. The molecule has 0 aromatic carbocycles. The second-order valence-electron chi connectivity index (χ2n) is 0.664. The molecule has 0 aromatic heterocycles. The molecular formula is C4H5Zn. The van der Waals surface area contributed by atoms with Gasteiger partial charge in [-0.1, -0.05) is 0 Å². The van der Waals surface area contributed by atoms with Crippen LogP contribution in [0.1, 0.15) is 0 Å². The second kappa shape index (κ2) is 4.10. The average molecular weight is 118 g/mol. The molecule has 0 N–H and O–H groups in total. The zero-order chi connectivity index (χ0) is 4.12. The zero-order valence-electron chi connectivity index (χ0n) is 3.15. The molecular weight excluding hydrogens is 113 g/mol. The second-order valence-corrected chi connectivity index (χ2v) is 1.65. The van der Waals surface area contributed by atoms with Crippen LogP contribution in [0.25, 0.3) is 0 Å². The van der Waals surface area contributed by atoms with Crippen LogP contribution in [0, 0.1) is 0 Å². The van der Waals surface area contributed by atoms with E-state index in [1.807, 2.05) is 6.08 Å². The van der Waals surface area contributed by atoms with Gasteiger partial charge < -0.3 is 0 Å². The van der Waals surface area contributed by atoms with Crippen molar-refractivity contribution in [2.24, 2.45) is 0 Å². The van der Waals surface area contributed by atoms with E-state index in [1.54, 1.807) is 6.08 Å². The third-order valence-electron chi connectivity index (χ3n) is 0.272. The molecule has 0 unspecified atom stereocenters. The summed E-state index contributed by atoms with van der Waals surface area (Å²) in [6.45, 7) is 3.48. The van der Waals surface area contributed by atoms with Gasteiger partial charge in [0, 0.05) is 0 Å². The molecule has 0 saturated carbocycles. The topological polar surface area (TPSA) is 0 Å². The van der Waals surface area contributed by atoms with Crippen molar-refractivity contribution in [2.75, 3.05) is 0 Å². The monoisotopic (exact) mass is 117 g/mol. The van der Waals surface area contributed by atoms with E-state index in [-0.39, 0.29) is 0 Å². The van der Waals surface area contributed by atoms with Crippen LogP contribution in [0.4, 0.5) is 0 Å². The third-order valence-corrected chi connectivity index (χ3v) is 0.843. The molecule has 0 fully saturated rings. The first-order chi connectivity index (χ1) is 2.41. The molecule has 0 atom stereocenters. The first-order valence-electron chi connectivity index (χ1n) is 1.48. The van der Waals surface area contributed by atoms with E-state index in [0.717, 1.165) is 0 Å². The Morgan fingerprint density at radius 2 is 2.20 bits per heavy atom. The molecule has 0 aliphatic rings. The molecule has 0 rings (SSSR count). The summed E-state index contributed by atoms with van der Waals surface area (Å²) >= 11 is 1.23. The van der Waals surface area contributed by atoms with Crippen molar-refractivity contribution in [3.63, 3.8) is 0 Å². The predicted octanol–water partition coefficient (Wildman–Crippen LogP) is 1.23. The van der Waals surface area contributed by atoms with Crippen molar-refractivity contribution in [3.8, 4) is 0 Å². The molecule has 0 aliphatic heterocycles. The van der Waals surface area contributed by atoms with Crippen LogP contribution < -0.4 is 0 Å². The molecule has 0 nitrogen and oxygen atoms in total. The van der Waals surface area contributed by atoms with Crippen LogP contribution >= 0.6 is 0 Å². The Bertz CT molecular complexity index is 45.6. The molecule has 0 bridgehead atoms. The van der Waals surface area contributed by atoms with Crippen molar-refractivity contribution in [1.82, 2.24) is 0 Å². The molecule has 0 aromatic rings. The van der Waals surface area contributed by atoms with E-state index < -0.39 is 0 Å². The van der Waals surface area contributed by atoms with Gasteiger partial charge in [0.25, 0.3) is 0 Å². The normalized spacial score (nSPS) is 9.20. The predicted molar refractivity (Wildman–Crippen MR) is 19.3 cm³/mol. The van der Waals surface area contributed by atoms with Crippen molar-refractivity contribution >= 4 is 0 Å². The van der Waals surface area contributed by atoms with E-state index in [1.165, 1.54) is 18.3 Å². The van der Waals surface area contributed by atoms with Gasteiger partial charge in [0.1, 0.15) is 0 Å². The quantitative estimate of drug-likeness (QED) is 0.359. The third kappa shape index (κ3) is 4.10. The van der Waals surface area contributed by atoms with Crippen molar-refractivity contribution in [1.29, 1.82) is 0 Å². The molecule has 0 saturated heterocycles. The summed E-state index contributed by atoms with van der Waals surface area (Å²) in [5, 5.41) is 0. The Morgan fingerprint density at radius 3 is 2.20 bits per heavy atom. The maximum absolute atomic E-state index is 3.48. The first kappa shape index (κ1) is 5.10. The maximum atomic E-state index is 3.48.